The summed E-state index contributed by atoms with van der Waals surface area (Å²) in [5.41, 5.74) is 2.30. The fourth-order valence-corrected chi connectivity index (χ4v) is 5.44. The van der Waals surface area contributed by atoms with Crippen LogP contribution in [0.1, 0.15) is 11.1 Å². The molecule has 1 amide bonds. The molecule has 0 N–H and O–H groups in total. The van der Waals surface area contributed by atoms with Crippen molar-refractivity contribution in [3.05, 3.63) is 89.3 Å². The van der Waals surface area contributed by atoms with E-state index in [0.29, 0.717) is 13.1 Å². The Labute approximate surface area is 182 Å². The highest BCUT2D eigenvalue weighted by Crippen LogP contribution is 2.19. The lowest BCUT2D eigenvalue weighted by Crippen LogP contribution is -2.42. The van der Waals surface area contributed by atoms with Crippen molar-refractivity contribution in [3.8, 4) is 0 Å². The number of rotatable bonds is 10. The van der Waals surface area contributed by atoms with Crippen molar-refractivity contribution in [2.24, 2.45) is 0 Å². The maximum absolute atomic E-state index is 13.0. The maximum atomic E-state index is 13.0. The Kier molecular flexibility index (Phi) is 7.79. The standard InChI is InChI=1S/C23H26N2O3S2/c1-24(30(27,28)23-13-8-18-29-23)19-22(26)25(16-14-20-9-4-2-5-10-20)17-15-21-11-6-3-7-12-21/h2-13,18H,14-17,19H2,1H3. The quantitative estimate of drug-likeness (QED) is 0.481. The number of amides is 1. The van der Waals surface area contributed by atoms with E-state index in [1.54, 1.807) is 22.4 Å². The zero-order valence-corrected chi connectivity index (χ0v) is 18.6. The fraction of sp³-hybridized carbons (Fsp3) is 0.261. The first-order valence-corrected chi connectivity index (χ1v) is 12.1. The van der Waals surface area contributed by atoms with Crippen LogP contribution in [0.4, 0.5) is 0 Å². The van der Waals surface area contributed by atoms with Gasteiger partial charge in [0.15, 0.2) is 0 Å². The van der Waals surface area contributed by atoms with Gasteiger partial charge in [0.1, 0.15) is 4.21 Å². The number of benzene rings is 2. The van der Waals surface area contributed by atoms with Crippen molar-refractivity contribution in [3.63, 3.8) is 0 Å². The summed E-state index contributed by atoms with van der Waals surface area (Å²) in [6.45, 7) is 0.912. The van der Waals surface area contributed by atoms with Gasteiger partial charge in [-0.05, 0) is 35.4 Å². The largest absolute Gasteiger partial charge is 0.341 e. The summed E-state index contributed by atoms with van der Waals surface area (Å²) in [5, 5.41) is 1.72. The molecule has 5 nitrogen and oxygen atoms in total. The smallest absolute Gasteiger partial charge is 0.252 e. The number of thiophene rings is 1. The Morgan fingerprint density at radius 3 is 1.83 bits per heavy atom. The third kappa shape index (κ3) is 6.01. The maximum Gasteiger partial charge on any atom is 0.252 e. The summed E-state index contributed by atoms with van der Waals surface area (Å²) in [4.78, 5) is 14.8. The monoisotopic (exact) mass is 442 g/mol. The molecule has 0 fully saturated rings. The van der Waals surface area contributed by atoms with Gasteiger partial charge in [-0.25, -0.2) is 8.42 Å². The SMILES string of the molecule is CN(CC(=O)N(CCc1ccccc1)CCc1ccccc1)S(=O)(=O)c1cccs1. The number of hydrogen-bond acceptors (Lipinski definition) is 4. The van der Waals surface area contributed by atoms with Crippen molar-refractivity contribution in [2.45, 2.75) is 17.1 Å². The molecule has 0 aliphatic carbocycles. The van der Waals surface area contributed by atoms with E-state index in [0.717, 1.165) is 39.6 Å². The molecule has 0 bridgehead atoms. The van der Waals surface area contributed by atoms with E-state index in [2.05, 4.69) is 0 Å². The van der Waals surface area contributed by atoms with E-state index in [9.17, 15) is 13.2 Å². The molecule has 30 heavy (non-hydrogen) atoms. The zero-order chi connectivity index (χ0) is 21.4. The Hall–Kier alpha value is -2.48. The predicted molar refractivity (Wildman–Crippen MR) is 121 cm³/mol. The van der Waals surface area contributed by atoms with Crippen LogP contribution < -0.4 is 0 Å². The second-order valence-electron chi connectivity index (χ2n) is 7.05. The number of nitrogens with zero attached hydrogens (tertiary/aromatic N) is 2. The van der Waals surface area contributed by atoms with Crippen molar-refractivity contribution in [1.82, 2.24) is 9.21 Å². The molecule has 2 aromatic carbocycles. The summed E-state index contributed by atoms with van der Waals surface area (Å²) in [6.07, 6.45) is 1.45. The average molecular weight is 443 g/mol. The molecule has 1 heterocycles. The van der Waals surface area contributed by atoms with Crippen LogP contribution in [0.15, 0.2) is 82.4 Å². The molecule has 0 radical (unpaired) electrons. The molecule has 0 aliphatic rings. The molecule has 7 heteroatoms. The molecule has 1 aromatic heterocycles. The second kappa shape index (κ2) is 10.5. The van der Waals surface area contributed by atoms with E-state index in [1.165, 1.54) is 7.05 Å². The second-order valence-corrected chi connectivity index (χ2v) is 10.3. The lowest BCUT2D eigenvalue weighted by atomic mass is 10.1. The van der Waals surface area contributed by atoms with Gasteiger partial charge in [0.05, 0.1) is 6.54 Å². The highest BCUT2D eigenvalue weighted by atomic mass is 32.2. The van der Waals surface area contributed by atoms with Crippen LogP contribution in [-0.4, -0.2) is 50.2 Å². The predicted octanol–water partition coefficient (Wildman–Crippen LogP) is 3.68. The first-order valence-electron chi connectivity index (χ1n) is 9.82. The van der Waals surface area contributed by atoms with Crippen LogP contribution in [-0.2, 0) is 27.7 Å². The number of carbonyl (C=O) groups excluding carboxylic acids is 1. The summed E-state index contributed by atoms with van der Waals surface area (Å²) < 4.78 is 26.7. The topological polar surface area (TPSA) is 57.7 Å². The van der Waals surface area contributed by atoms with Gasteiger partial charge < -0.3 is 4.90 Å². The molecule has 0 atom stereocenters. The average Bonchev–Trinajstić information content (AvgIpc) is 3.31. The minimum Gasteiger partial charge on any atom is -0.341 e. The van der Waals surface area contributed by atoms with Crippen LogP contribution in [0.2, 0.25) is 0 Å². The minimum atomic E-state index is -3.65. The summed E-state index contributed by atoms with van der Waals surface area (Å²) in [6, 6.07) is 23.2. The summed E-state index contributed by atoms with van der Waals surface area (Å²) in [7, 11) is -2.20. The Balaban J connectivity index is 1.68. The van der Waals surface area contributed by atoms with Crippen molar-refractivity contribution >= 4 is 27.3 Å². The molecule has 3 aromatic rings. The van der Waals surface area contributed by atoms with Crippen LogP contribution in [0, 0.1) is 0 Å². The fourth-order valence-electron chi connectivity index (χ4n) is 3.12. The van der Waals surface area contributed by atoms with Gasteiger partial charge >= 0.3 is 0 Å². The van der Waals surface area contributed by atoms with Gasteiger partial charge in [0.2, 0.25) is 5.91 Å². The number of sulfonamides is 1. The zero-order valence-electron chi connectivity index (χ0n) is 17.0. The first-order chi connectivity index (χ1) is 14.5. The molecule has 0 unspecified atom stereocenters. The Morgan fingerprint density at radius 1 is 0.833 bits per heavy atom. The van der Waals surface area contributed by atoms with Gasteiger partial charge in [-0.1, -0.05) is 66.7 Å². The van der Waals surface area contributed by atoms with Crippen LogP contribution in [0.25, 0.3) is 0 Å². The summed E-state index contributed by atoms with van der Waals surface area (Å²) >= 11 is 1.15. The van der Waals surface area contributed by atoms with Crippen molar-refractivity contribution in [1.29, 1.82) is 0 Å². The van der Waals surface area contributed by atoms with E-state index >= 15 is 0 Å². The lowest BCUT2D eigenvalue weighted by molar-refractivity contribution is -0.131. The van der Waals surface area contributed by atoms with Crippen LogP contribution in [0.5, 0.6) is 0 Å². The Morgan fingerprint density at radius 2 is 1.37 bits per heavy atom. The first kappa shape index (κ1) is 22.2. The highest BCUT2D eigenvalue weighted by Gasteiger charge is 2.26. The molecular formula is C23H26N2O3S2. The van der Waals surface area contributed by atoms with Gasteiger partial charge in [0.25, 0.3) is 10.0 Å². The normalized spacial score (nSPS) is 11.5. The number of hydrogen-bond donors (Lipinski definition) is 0. The highest BCUT2D eigenvalue weighted by molar-refractivity contribution is 7.91. The third-order valence-electron chi connectivity index (χ3n) is 4.90. The van der Waals surface area contributed by atoms with Crippen LogP contribution >= 0.6 is 11.3 Å². The molecule has 3 rings (SSSR count). The number of carbonyl (C=O) groups is 1. The Bertz CT molecular complexity index is 977. The van der Waals surface area contributed by atoms with E-state index in [1.807, 2.05) is 60.7 Å². The van der Waals surface area contributed by atoms with Gasteiger partial charge in [-0.15, -0.1) is 11.3 Å². The minimum absolute atomic E-state index is 0.177. The van der Waals surface area contributed by atoms with Crippen LogP contribution in [0.3, 0.4) is 0 Å². The third-order valence-corrected chi connectivity index (χ3v) is 8.07. The lowest BCUT2D eigenvalue weighted by Gasteiger charge is -2.25. The molecule has 0 saturated carbocycles. The van der Waals surface area contributed by atoms with Crippen molar-refractivity contribution in [2.75, 3.05) is 26.7 Å². The van der Waals surface area contributed by atoms with E-state index < -0.39 is 10.0 Å². The van der Waals surface area contributed by atoms with E-state index in [-0.39, 0.29) is 16.7 Å². The molecule has 0 spiro atoms. The van der Waals surface area contributed by atoms with Crippen molar-refractivity contribution < 1.29 is 13.2 Å². The molecule has 0 saturated heterocycles. The molecule has 158 valence electrons. The molecule has 0 aliphatic heterocycles. The van der Waals surface area contributed by atoms with Gasteiger partial charge in [0, 0.05) is 20.1 Å². The van der Waals surface area contributed by atoms with Gasteiger partial charge in [-0.2, -0.15) is 4.31 Å². The van der Waals surface area contributed by atoms with E-state index in [4.69, 9.17) is 0 Å². The molecular weight excluding hydrogens is 416 g/mol. The van der Waals surface area contributed by atoms with Gasteiger partial charge in [-0.3, -0.25) is 4.79 Å². The number of likely N-dealkylation sites (N-methyl/N-ethyl adjacent to an activating group) is 1. The summed E-state index contributed by atoms with van der Waals surface area (Å²) in [5.74, 6) is -0.190.